The summed E-state index contributed by atoms with van der Waals surface area (Å²) in [7, 11) is 0. The summed E-state index contributed by atoms with van der Waals surface area (Å²) in [6.07, 6.45) is 2.07. The third kappa shape index (κ3) is 2.37. The predicted octanol–water partition coefficient (Wildman–Crippen LogP) is 4.11. The molecule has 0 saturated heterocycles. The average Bonchev–Trinajstić information content (AvgIpc) is 2.21. The molecule has 2 nitrogen and oxygen atoms in total. The van der Waals surface area contributed by atoms with Crippen LogP contribution in [0.3, 0.4) is 0 Å². The molecule has 0 fully saturated rings. The van der Waals surface area contributed by atoms with Gasteiger partial charge in [0, 0.05) is 6.07 Å². The molecule has 1 aromatic carbocycles. The molecule has 0 bridgehead atoms. The van der Waals surface area contributed by atoms with E-state index in [-0.39, 0.29) is 5.78 Å². The van der Waals surface area contributed by atoms with Crippen molar-refractivity contribution in [3.05, 3.63) is 28.0 Å². The summed E-state index contributed by atoms with van der Waals surface area (Å²) in [6.45, 7) is 3.94. The Hall–Kier alpha value is -0.900. The third-order valence-electron chi connectivity index (χ3n) is 2.99. The van der Waals surface area contributed by atoms with Crippen molar-refractivity contribution in [1.82, 2.24) is 0 Å². The number of fused-ring (bicyclic) bond motifs is 1. The van der Waals surface area contributed by atoms with Crippen molar-refractivity contribution >= 4 is 21.7 Å². The number of carbonyl (C=O) groups excluding carboxylic acids is 1. The molecule has 1 aliphatic heterocycles. The SMILES string of the molecule is CCCC1(C)CC(=O)c2cc(Br)c(F)cc2O1. The Labute approximate surface area is 108 Å². The van der Waals surface area contributed by atoms with Crippen LogP contribution in [0.5, 0.6) is 5.75 Å². The molecule has 0 spiro atoms. The van der Waals surface area contributed by atoms with E-state index >= 15 is 0 Å². The fourth-order valence-electron chi connectivity index (χ4n) is 2.24. The molecule has 0 aliphatic carbocycles. The summed E-state index contributed by atoms with van der Waals surface area (Å²) in [4.78, 5) is 12.0. The smallest absolute Gasteiger partial charge is 0.170 e. The number of Topliss-reactive ketones (excluding diaryl/α,β-unsaturated/α-hetero) is 1. The fraction of sp³-hybridized carbons (Fsp3) is 0.462. The molecule has 17 heavy (non-hydrogen) atoms. The van der Waals surface area contributed by atoms with Gasteiger partial charge in [-0.2, -0.15) is 0 Å². The fourth-order valence-corrected chi connectivity index (χ4v) is 2.58. The van der Waals surface area contributed by atoms with Crippen LogP contribution in [0.4, 0.5) is 4.39 Å². The zero-order valence-electron chi connectivity index (χ0n) is 9.85. The van der Waals surface area contributed by atoms with Crippen LogP contribution in [0.15, 0.2) is 16.6 Å². The lowest BCUT2D eigenvalue weighted by Crippen LogP contribution is -2.39. The summed E-state index contributed by atoms with van der Waals surface area (Å²) >= 11 is 3.08. The third-order valence-corrected chi connectivity index (χ3v) is 3.60. The molecular formula is C13H14BrFO2. The van der Waals surface area contributed by atoms with E-state index in [4.69, 9.17) is 4.74 Å². The summed E-state index contributed by atoms with van der Waals surface area (Å²) in [6, 6.07) is 2.78. The molecule has 0 radical (unpaired) electrons. The molecule has 0 saturated carbocycles. The number of ketones is 1. The van der Waals surface area contributed by atoms with Crippen molar-refractivity contribution in [3.8, 4) is 5.75 Å². The van der Waals surface area contributed by atoms with Gasteiger partial charge in [-0.05, 0) is 35.3 Å². The highest BCUT2D eigenvalue weighted by Crippen LogP contribution is 2.37. The largest absolute Gasteiger partial charge is 0.486 e. The van der Waals surface area contributed by atoms with Gasteiger partial charge in [0.2, 0.25) is 0 Å². The second kappa shape index (κ2) is 4.41. The normalized spacial score (nSPS) is 23.2. The van der Waals surface area contributed by atoms with Crippen LogP contribution in [-0.4, -0.2) is 11.4 Å². The number of hydrogen-bond acceptors (Lipinski definition) is 2. The van der Waals surface area contributed by atoms with E-state index in [1.807, 2.05) is 13.8 Å². The van der Waals surface area contributed by atoms with Gasteiger partial charge in [0.25, 0.3) is 0 Å². The molecule has 0 N–H and O–H groups in total. The first kappa shape index (κ1) is 12.6. The Morgan fingerprint density at radius 2 is 2.24 bits per heavy atom. The highest BCUT2D eigenvalue weighted by molar-refractivity contribution is 9.10. The molecule has 2 rings (SSSR count). The van der Waals surface area contributed by atoms with Crippen molar-refractivity contribution in [1.29, 1.82) is 0 Å². The van der Waals surface area contributed by atoms with Crippen LogP contribution in [0.2, 0.25) is 0 Å². The Morgan fingerprint density at radius 3 is 2.88 bits per heavy atom. The first-order valence-corrected chi connectivity index (χ1v) is 6.46. The van der Waals surface area contributed by atoms with Crippen molar-refractivity contribution in [2.45, 2.75) is 38.7 Å². The molecule has 1 aliphatic rings. The Kier molecular flexibility index (Phi) is 3.25. The Bertz CT molecular complexity index is 473. The van der Waals surface area contributed by atoms with Gasteiger partial charge in [-0.15, -0.1) is 0 Å². The topological polar surface area (TPSA) is 26.3 Å². The minimum Gasteiger partial charge on any atom is -0.486 e. The van der Waals surface area contributed by atoms with Gasteiger partial charge in [-0.25, -0.2) is 4.39 Å². The molecule has 1 aromatic rings. The second-order valence-corrected chi connectivity index (χ2v) is 5.52. The highest BCUT2D eigenvalue weighted by Gasteiger charge is 2.36. The van der Waals surface area contributed by atoms with E-state index in [1.54, 1.807) is 0 Å². The van der Waals surface area contributed by atoms with Crippen LogP contribution < -0.4 is 4.74 Å². The Balaban J connectivity index is 2.43. The van der Waals surface area contributed by atoms with Crippen molar-refractivity contribution in [3.63, 3.8) is 0 Å². The average molecular weight is 301 g/mol. The first-order valence-electron chi connectivity index (χ1n) is 5.66. The van der Waals surface area contributed by atoms with Crippen LogP contribution >= 0.6 is 15.9 Å². The van der Waals surface area contributed by atoms with Gasteiger partial charge >= 0.3 is 0 Å². The summed E-state index contributed by atoms with van der Waals surface area (Å²) < 4.78 is 19.5. The quantitative estimate of drug-likeness (QED) is 0.821. The maximum absolute atomic E-state index is 13.4. The highest BCUT2D eigenvalue weighted by atomic mass is 79.9. The molecule has 0 aromatic heterocycles. The van der Waals surface area contributed by atoms with Crippen LogP contribution in [0.1, 0.15) is 43.5 Å². The van der Waals surface area contributed by atoms with Gasteiger partial charge in [0.05, 0.1) is 16.5 Å². The Morgan fingerprint density at radius 1 is 1.53 bits per heavy atom. The van der Waals surface area contributed by atoms with E-state index in [0.29, 0.717) is 22.2 Å². The van der Waals surface area contributed by atoms with Crippen molar-refractivity contribution in [2.24, 2.45) is 0 Å². The molecule has 4 heteroatoms. The zero-order chi connectivity index (χ0) is 12.6. The number of ether oxygens (including phenoxy) is 1. The first-order chi connectivity index (χ1) is 7.95. The van der Waals surface area contributed by atoms with E-state index in [2.05, 4.69) is 15.9 Å². The monoisotopic (exact) mass is 300 g/mol. The van der Waals surface area contributed by atoms with Crippen molar-refractivity contribution < 1.29 is 13.9 Å². The van der Waals surface area contributed by atoms with Crippen LogP contribution in [-0.2, 0) is 0 Å². The summed E-state index contributed by atoms with van der Waals surface area (Å²) in [5.74, 6) is -0.0295. The molecule has 1 unspecified atom stereocenters. The van der Waals surface area contributed by atoms with Crippen molar-refractivity contribution in [2.75, 3.05) is 0 Å². The molecular weight excluding hydrogens is 287 g/mol. The molecule has 92 valence electrons. The maximum Gasteiger partial charge on any atom is 0.170 e. The van der Waals surface area contributed by atoms with Gasteiger partial charge in [-0.1, -0.05) is 13.3 Å². The number of rotatable bonds is 2. The predicted molar refractivity (Wildman–Crippen MR) is 67.0 cm³/mol. The maximum atomic E-state index is 13.4. The summed E-state index contributed by atoms with van der Waals surface area (Å²) in [5.41, 5.74) is -0.0362. The molecule has 1 heterocycles. The molecule has 1 atom stereocenters. The van der Waals surface area contributed by atoms with Gasteiger partial charge in [0.1, 0.15) is 17.2 Å². The van der Waals surface area contributed by atoms with E-state index < -0.39 is 11.4 Å². The summed E-state index contributed by atoms with van der Waals surface area (Å²) in [5, 5.41) is 0. The number of halogens is 2. The van der Waals surface area contributed by atoms with Crippen LogP contribution in [0.25, 0.3) is 0 Å². The number of hydrogen-bond donors (Lipinski definition) is 0. The minimum atomic E-state index is -0.501. The lowest BCUT2D eigenvalue weighted by atomic mass is 9.88. The standard InChI is InChI=1S/C13H14BrFO2/c1-3-4-13(2)7-11(16)8-5-9(14)10(15)6-12(8)17-13/h5-6H,3-4,7H2,1-2H3. The van der Waals surface area contributed by atoms with E-state index in [0.717, 1.165) is 12.8 Å². The zero-order valence-corrected chi connectivity index (χ0v) is 11.4. The van der Waals surface area contributed by atoms with Gasteiger partial charge in [-0.3, -0.25) is 4.79 Å². The van der Waals surface area contributed by atoms with Gasteiger partial charge < -0.3 is 4.74 Å². The second-order valence-electron chi connectivity index (χ2n) is 4.66. The lowest BCUT2D eigenvalue weighted by Gasteiger charge is -2.34. The number of carbonyl (C=O) groups is 1. The van der Waals surface area contributed by atoms with Gasteiger partial charge in [0.15, 0.2) is 5.78 Å². The minimum absolute atomic E-state index is 0.0166. The van der Waals surface area contributed by atoms with E-state index in [1.165, 1.54) is 12.1 Å². The molecule has 0 amide bonds. The lowest BCUT2D eigenvalue weighted by molar-refractivity contribution is 0.0463. The number of benzene rings is 1. The van der Waals surface area contributed by atoms with E-state index in [9.17, 15) is 9.18 Å². The van der Waals surface area contributed by atoms with Crippen LogP contribution in [0, 0.1) is 5.82 Å².